The smallest absolute Gasteiger partial charge is 0.234 e. The highest BCUT2D eigenvalue weighted by Crippen LogP contribution is 2.11. The Morgan fingerprint density at radius 2 is 2.43 bits per heavy atom. The molecule has 0 saturated carbocycles. The molecule has 0 saturated heterocycles. The van der Waals surface area contributed by atoms with E-state index in [1.807, 2.05) is 16.4 Å². The number of carbonyl (C=O) groups is 1. The van der Waals surface area contributed by atoms with Crippen LogP contribution < -0.4 is 5.73 Å². The van der Waals surface area contributed by atoms with Crippen LogP contribution in [0.15, 0.2) is 6.33 Å². The first kappa shape index (κ1) is 9.14. The molecule has 1 aromatic rings. The van der Waals surface area contributed by atoms with Gasteiger partial charge in [0, 0.05) is 13.1 Å². The van der Waals surface area contributed by atoms with Gasteiger partial charge >= 0.3 is 0 Å². The standard InChI is InChI=1S/C8H13N5O/c1-6(8(9)14)12-2-3-13-5-10-11-7(13)4-12/h5-6H,2-4H2,1H3,(H2,9,14). The van der Waals surface area contributed by atoms with E-state index in [0.717, 1.165) is 18.9 Å². The lowest BCUT2D eigenvalue weighted by atomic mass is 10.2. The molecule has 76 valence electrons. The van der Waals surface area contributed by atoms with Crippen LogP contribution in [0.5, 0.6) is 0 Å². The van der Waals surface area contributed by atoms with Crippen molar-refractivity contribution in [3.63, 3.8) is 0 Å². The average molecular weight is 195 g/mol. The molecular formula is C8H13N5O. The first-order valence-corrected chi connectivity index (χ1v) is 4.58. The monoisotopic (exact) mass is 195 g/mol. The van der Waals surface area contributed by atoms with Crippen LogP contribution in [0.1, 0.15) is 12.7 Å². The van der Waals surface area contributed by atoms with Crippen molar-refractivity contribution in [2.75, 3.05) is 6.54 Å². The number of aromatic nitrogens is 3. The third-order valence-electron chi connectivity index (χ3n) is 2.63. The summed E-state index contributed by atoms with van der Waals surface area (Å²) < 4.78 is 1.99. The molecule has 1 aliphatic rings. The maximum atomic E-state index is 11.0. The SMILES string of the molecule is CC(C(N)=O)N1CCn2cnnc2C1. The molecule has 0 aromatic carbocycles. The lowest BCUT2D eigenvalue weighted by molar-refractivity contribution is -0.123. The van der Waals surface area contributed by atoms with E-state index in [1.54, 1.807) is 6.33 Å². The maximum Gasteiger partial charge on any atom is 0.234 e. The van der Waals surface area contributed by atoms with Gasteiger partial charge in [-0.1, -0.05) is 0 Å². The van der Waals surface area contributed by atoms with E-state index in [-0.39, 0.29) is 11.9 Å². The number of amides is 1. The summed E-state index contributed by atoms with van der Waals surface area (Å²) in [6, 6.07) is -0.236. The molecule has 0 spiro atoms. The Morgan fingerprint density at radius 1 is 1.64 bits per heavy atom. The van der Waals surface area contributed by atoms with Gasteiger partial charge in [0.2, 0.25) is 5.91 Å². The normalized spacial score (nSPS) is 18.9. The molecule has 0 fully saturated rings. The zero-order chi connectivity index (χ0) is 10.1. The molecule has 6 nitrogen and oxygen atoms in total. The van der Waals surface area contributed by atoms with Crippen LogP contribution in [0.4, 0.5) is 0 Å². The van der Waals surface area contributed by atoms with E-state index in [2.05, 4.69) is 10.2 Å². The van der Waals surface area contributed by atoms with E-state index in [1.165, 1.54) is 0 Å². The van der Waals surface area contributed by atoms with Gasteiger partial charge < -0.3 is 10.3 Å². The van der Waals surface area contributed by atoms with Crippen LogP contribution in [0, 0.1) is 0 Å². The Labute approximate surface area is 81.7 Å². The summed E-state index contributed by atoms with van der Waals surface area (Å²) in [4.78, 5) is 13.0. The number of nitrogens with zero attached hydrogens (tertiary/aromatic N) is 4. The number of primary amides is 1. The molecule has 0 radical (unpaired) electrons. The lowest BCUT2D eigenvalue weighted by Crippen LogP contribution is -2.46. The quantitative estimate of drug-likeness (QED) is 0.654. The molecule has 2 N–H and O–H groups in total. The molecule has 2 heterocycles. The van der Waals surface area contributed by atoms with Gasteiger partial charge in [-0.15, -0.1) is 10.2 Å². The van der Waals surface area contributed by atoms with Crippen LogP contribution in [0.2, 0.25) is 0 Å². The Balaban J connectivity index is 2.11. The van der Waals surface area contributed by atoms with Crippen molar-refractivity contribution in [1.82, 2.24) is 19.7 Å². The fourth-order valence-electron chi connectivity index (χ4n) is 1.60. The van der Waals surface area contributed by atoms with Gasteiger partial charge in [0.05, 0.1) is 12.6 Å². The van der Waals surface area contributed by atoms with Gasteiger partial charge in [-0.25, -0.2) is 0 Å². The number of fused-ring (bicyclic) bond motifs is 1. The molecule has 2 rings (SSSR count). The Bertz CT molecular complexity index is 347. The Morgan fingerprint density at radius 3 is 3.14 bits per heavy atom. The second-order valence-corrected chi connectivity index (χ2v) is 3.49. The molecule has 0 aliphatic carbocycles. The van der Waals surface area contributed by atoms with Crippen molar-refractivity contribution in [3.8, 4) is 0 Å². The van der Waals surface area contributed by atoms with Crippen LogP contribution in [0.25, 0.3) is 0 Å². The highest BCUT2D eigenvalue weighted by molar-refractivity contribution is 5.79. The van der Waals surface area contributed by atoms with E-state index < -0.39 is 0 Å². The molecule has 1 atom stereocenters. The molecule has 1 amide bonds. The van der Waals surface area contributed by atoms with Crippen molar-refractivity contribution in [2.45, 2.75) is 26.1 Å². The van der Waals surface area contributed by atoms with Crippen molar-refractivity contribution in [1.29, 1.82) is 0 Å². The van der Waals surface area contributed by atoms with E-state index in [4.69, 9.17) is 5.73 Å². The van der Waals surface area contributed by atoms with Gasteiger partial charge in [0.1, 0.15) is 12.2 Å². The second kappa shape index (κ2) is 3.38. The summed E-state index contributed by atoms with van der Waals surface area (Å²) in [6.07, 6.45) is 1.71. The Hall–Kier alpha value is -1.43. The molecule has 1 aliphatic heterocycles. The maximum absolute atomic E-state index is 11.0. The molecule has 0 bridgehead atoms. The van der Waals surface area contributed by atoms with Crippen molar-refractivity contribution in [3.05, 3.63) is 12.2 Å². The largest absolute Gasteiger partial charge is 0.368 e. The van der Waals surface area contributed by atoms with E-state index in [9.17, 15) is 4.79 Å². The van der Waals surface area contributed by atoms with E-state index >= 15 is 0 Å². The van der Waals surface area contributed by atoms with Crippen molar-refractivity contribution >= 4 is 5.91 Å². The number of carbonyl (C=O) groups excluding carboxylic acids is 1. The zero-order valence-corrected chi connectivity index (χ0v) is 8.05. The number of nitrogens with two attached hydrogens (primary N) is 1. The van der Waals surface area contributed by atoms with Gasteiger partial charge in [-0.05, 0) is 6.92 Å². The molecule has 1 aromatic heterocycles. The zero-order valence-electron chi connectivity index (χ0n) is 8.05. The highest BCUT2D eigenvalue weighted by Gasteiger charge is 2.24. The van der Waals surface area contributed by atoms with Crippen molar-refractivity contribution < 1.29 is 4.79 Å². The van der Waals surface area contributed by atoms with Crippen LogP contribution >= 0.6 is 0 Å². The second-order valence-electron chi connectivity index (χ2n) is 3.49. The Kier molecular flexibility index (Phi) is 2.20. The fraction of sp³-hybridized carbons (Fsp3) is 0.625. The summed E-state index contributed by atoms with van der Waals surface area (Å²) in [6.45, 7) is 4.09. The molecule has 6 heteroatoms. The highest BCUT2D eigenvalue weighted by atomic mass is 16.1. The van der Waals surface area contributed by atoms with E-state index in [0.29, 0.717) is 6.54 Å². The van der Waals surface area contributed by atoms with Crippen LogP contribution in [0.3, 0.4) is 0 Å². The molecular weight excluding hydrogens is 182 g/mol. The van der Waals surface area contributed by atoms with Gasteiger partial charge in [-0.2, -0.15) is 0 Å². The summed E-state index contributed by atoms with van der Waals surface area (Å²) in [5, 5.41) is 7.78. The summed E-state index contributed by atoms with van der Waals surface area (Å²) in [5.74, 6) is 0.599. The summed E-state index contributed by atoms with van der Waals surface area (Å²) in [5.41, 5.74) is 5.24. The predicted octanol–water partition coefficient (Wildman–Crippen LogP) is -1.03. The first-order chi connectivity index (χ1) is 6.68. The van der Waals surface area contributed by atoms with Crippen LogP contribution in [-0.2, 0) is 17.9 Å². The lowest BCUT2D eigenvalue weighted by Gasteiger charge is -2.30. The topological polar surface area (TPSA) is 77.0 Å². The first-order valence-electron chi connectivity index (χ1n) is 4.58. The van der Waals surface area contributed by atoms with Gasteiger partial charge in [0.25, 0.3) is 0 Å². The number of hydrogen-bond acceptors (Lipinski definition) is 4. The third-order valence-corrected chi connectivity index (χ3v) is 2.63. The summed E-state index contributed by atoms with van der Waals surface area (Å²) >= 11 is 0. The fourth-order valence-corrected chi connectivity index (χ4v) is 1.60. The average Bonchev–Trinajstić information content (AvgIpc) is 2.62. The minimum absolute atomic E-state index is 0.236. The van der Waals surface area contributed by atoms with Gasteiger partial charge in [-0.3, -0.25) is 9.69 Å². The third kappa shape index (κ3) is 1.48. The summed E-state index contributed by atoms with van der Waals surface area (Å²) in [7, 11) is 0. The predicted molar refractivity (Wildman–Crippen MR) is 49.1 cm³/mol. The number of rotatable bonds is 2. The molecule has 14 heavy (non-hydrogen) atoms. The minimum atomic E-state index is -0.294. The minimum Gasteiger partial charge on any atom is -0.368 e. The van der Waals surface area contributed by atoms with Crippen molar-refractivity contribution in [2.24, 2.45) is 5.73 Å². The van der Waals surface area contributed by atoms with Gasteiger partial charge in [0.15, 0.2) is 0 Å². The molecule has 1 unspecified atom stereocenters. The van der Waals surface area contributed by atoms with Crippen LogP contribution in [-0.4, -0.2) is 38.2 Å². The number of hydrogen-bond donors (Lipinski definition) is 1.